The Kier molecular flexibility index (Phi) is 6.21. The molecule has 106 valence electrons. The third-order valence-electron chi connectivity index (χ3n) is 2.68. The lowest BCUT2D eigenvalue weighted by molar-refractivity contribution is -0.0498. The molecule has 0 aliphatic carbocycles. The van der Waals surface area contributed by atoms with E-state index in [1.54, 1.807) is 0 Å². The highest BCUT2D eigenvalue weighted by Gasteiger charge is 2.12. The highest BCUT2D eigenvalue weighted by Crippen LogP contribution is 2.15. The molecule has 0 saturated heterocycles. The Balaban J connectivity index is 2.62. The Morgan fingerprint density at radius 3 is 2.47 bits per heavy atom. The molecule has 0 heterocycles. The predicted molar refractivity (Wildman–Crippen MR) is 68.3 cm³/mol. The molecule has 0 spiro atoms. The van der Waals surface area contributed by atoms with E-state index in [9.17, 15) is 13.6 Å². The number of carbonyl (C=O) groups excluding carboxylic acids is 1. The molecular weight excluding hydrogens is 254 g/mol. The van der Waals surface area contributed by atoms with Crippen LogP contribution in [0.5, 0.6) is 5.75 Å². The van der Waals surface area contributed by atoms with Crippen LogP contribution < -0.4 is 15.8 Å². The van der Waals surface area contributed by atoms with E-state index in [4.69, 9.17) is 5.73 Å². The number of benzene rings is 1. The van der Waals surface area contributed by atoms with Crippen LogP contribution in [0, 0.1) is 0 Å². The molecule has 1 aromatic carbocycles. The lowest BCUT2D eigenvalue weighted by Crippen LogP contribution is -2.35. The Hall–Kier alpha value is -1.69. The predicted octanol–water partition coefficient (Wildman–Crippen LogP) is 2.15. The summed E-state index contributed by atoms with van der Waals surface area (Å²) < 4.78 is 28.1. The van der Waals surface area contributed by atoms with E-state index < -0.39 is 6.61 Å². The van der Waals surface area contributed by atoms with E-state index in [1.165, 1.54) is 24.3 Å². The maximum Gasteiger partial charge on any atom is 0.387 e. The number of rotatable bonds is 7. The van der Waals surface area contributed by atoms with Crippen molar-refractivity contribution in [1.82, 2.24) is 5.32 Å². The van der Waals surface area contributed by atoms with Crippen molar-refractivity contribution in [2.24, 2.45) is 5.73 Å². The summed E-state index contributed by atoms with van der Waals surface area (Å²) in [6.45, 7) is -0.408. The van der Waals surface area contributed by atoms with Crippen molar-refractivity contribution < 1.29 is 18.3 Å². The van der Waals surface area contributed by atoms with Crippen LogP contribution in [0.15, 0.2) is 24.3 Å². The van der Waals surface area contributed by atoms with Crippen molar-refractivity contribution in [2.45, 2.75) is 32.4 Å². The summed E-state index contributed by atoms with van der Waals surface area (Å²) in [5.74, 6) is -0.218. The van der Waals surface area contributed by atoms with Gasteiger partial charge in [-0.25, -0.2) is 0 Å². The van der Waals surface area contributed by atoms with E-state index in [-0.39, 0.29) is 17.7 Å². The fraction of sp³-hybridized carbons (Fsp3) is 0.462. The summed E-state index contributed by atoms with van der Waals surface area (Å²) in [6.07, 6.45) is 1.49. The number of nitrogens with two attached hydrogens (primary N) is 1. The summed E-state index contributed by atoms with van der Waals surface area (Å²) in [4.78, 5) is 11.9. The van der Waals surface area contributed by atoms with Gasteiger partial charge in [0.05, 0.1) is 0 Å². The highest BCUT2D eigenvalue weighted by atomic mass is 19.3. The zero-order valence-corrected chi connectivity index (χ0v) is 10.7. The van der Waals surface area contributed by atoms with Gasteiger partial charge >= 0.3 is 6.61 Å². The van der Waals surface area contributed by atoms with E-state index >= 15 is 0 Å². The number of hydrogen-bond acceptors (Lipinski definition) is 3. The topological polar surface area (TPSA) is 64.3 Å². The number of ether oxygens (including phenoxy) is 1. The molecule has 0 radical (unpaired) electrons. The lowest BCUT2D eigenvalue weighted by Gasteiger charge is -2.16. The number of halogens is 2. The van der Waals surface area contributed by atoms with Crippen molar-refractivity contribution in [1.29, 1.82) is 0 Å². The number of hydrogen-bond donors (Lipinski definition) is 2. The Bertz CT molecular complexity index is 396. The molecular formula is C13H18F2N2O2. The van der Waals surface area contributed by atoms with Crippen LogP contribution in [0.25, 0.3) is 0 Å². The fourth-order valence-electron chi connectivity index (χ4n) is 1.64. The maximum atomic E-state index is 12.0. The number of nitrogens with one attached hydrogen (secondary N) is 1. The summed E-state index contributed by atoms with van der Waals surface area (Å²) in [5, 5.41) is 2.84. The zero-order valence-electron chi connectivity index (χ0n) is 10.7. The number of amides is 1. The molecule has 1 unspecified atom stereocenters. The molecule has 1 rings (SSSR count). The largest absolute Gasteiger partial charge is 0.435 e. The molecule has 0 aliphatic heterocycles. The average molecular weight is 272 g/mol. The average Bonchev–Trinajstić information content (AvgIpc) is 2.38. The first-order chi connectivity index (χ1) is 9.06. The van der Waals surface area contributed by atoms with Gasteiger partial charge in [-0.3, -0.25) is 4.79 Å². The minimum Gasteiger partial charge on any atom is -0.435 e. The SMILES string of the molecule is CCC(CCN)NC(=O)c1ccc(OC(F)F)cc1. The van der Waals surface area contributed by atoms with Crippen molar-refractivity contribution >= 4 is 5.91 Å². The number of carbonyl (C=O) groups is 1. The first kappa shape index (κ1) is 15.4. The zero-order chi connectivity index (χ0) is 14.3. The Morgan fingerprint density at radius 1 is 1.37 bits per heavy atom. The highest BCUT2D eigenvalue weighted by molar-refractivity contribution is 5.94. The van der Waals surface area contributed by atoms with Gasteiger partial charge in [0.15, 0.2) is 0 Å². The van der Waals surface area contributed by atoms with Gasteiger partial charge in [0.1, 0.15) is 5.75 Å². The second-order valence-corrected chi connectivity index (χ2v) is 4.06. The van der Waals surface area contributed by atoms with E-state index in [1.807, 2.05) is 6.92 Å². The van der Waals surface area contributed by atoms with Crippen LogP contribution in [0.4, 0.5) is 8.78 Å². The normalized spacial score (nSPS) is 12.3. The third kappa shape index (κ3) is 5.21. The van der Waals surface area contributed by atoms with Crippen LogP contribution in [-0.4, -0.2) is 25.1 Å². The second-order valence-electron chi connectivity index (χ2n) is 4.06. The molecule has 19 heavy (non-hydrogen) atoms. The quantitative estimate of drug-likeness (QED) is 0.799. The van der Waals surface area contributed by atoms with Gasteiger partial charge in [-0.05, 0) is 43.7 Å². The molecule has 1 atom stereocenters. The molecule has 1 amide bonds. The first-order valence-electron chi connectivity index (χ1n) is 6.12. The van der Waals surface area contributed by atoms with E-state index in [0.717, 1.165) is 6.42 Å². The molecule has 0 bridgehead atoms. The maximum absolute atomic E-state index is 12.0. The van der Waals surface area contributed by atoms with Gasteiger partial charge in [-0.2, -0.15) is 8.78 Å². The lowest BCUT2D eigenvalue weighted by atomic mass is 10.1. The van der Waals surface area contributed by atoms with Crippen LogP contribution >= 0.6 is 0 Å². The monoisotopic (exact) mass is 272 g/mol. The van der Waals surface area contributed by atoms with Gasteiger partial charge in [0, 0.05) is 11.6 Å². The first-order valence-corrected chi connectivity index (χ1v) is 6.12. The molecule has 4 nitrogen and oxygen atoms in total. The summed E-state index contributed by atoms with van der Waals surface area (Å²) >= 11 is 0. The van der Waals surface area contributed by atoms with Gasteiger partial charge in [0.2, 0.25) is 0 Å². The second kappa shape index (κ2) is 7.68. The molecule has 6 heteroatoms. The third-order valence-corrected chi connectivity index (χ3v) is 2.68. The van der Waals surface area contributed by atoms with Gasteiger partial charge in [-0.15, -0.1) is 0 Å². The van der Waals surface area contributed by atoms with Gasteiger partial charge in [-0.1, -0.05) is 6.92 Å². The smallest absolute Gasteiger partial charge is 0.387 e. The van der Waals surface area contributed by atoms with E-state index in [2.05, 4.69) is 10.1 Å². The van der Waals surface area contributed by atoms with E-state index in [0.29, 0.717) is 18.5 Å². The minimum absolute atomic E-state index is 0.0227. The standard InChI is InChI=1S/C13H18F2N2O2/c1-2-10(7-8-16)17-12(18)9-3-5-11(6-4-9)19-13(14)15/h3-6,10,13H,2,7-8,16H2,1H3,(H,17,18). The van der Waals surface area contributed by atoms with Crippen LogP contribution in [0.3, 0.4) is 0 Å². The molecule has 0 fully saturated rings. The molecule has 0 aromatic heterocycles. The van der Waals surface area contributed by atoms with Gasteiger partial charge < -0.3 is 15.8 Å². The molecule has 0 aliphatic rings. The van der Waals surface area contributed by atoms with Crippen molar-refractivity contribution in [3.05, 3.63) is 29.8 Å². The minimum atomic E-state index is -2.87. The van der Waals surface area contributed by atoms with Crippen molar-refractivity contribution in [2.75, 3.05) is 6.54 Å². The fourth-order valence-corrected chi connectivity index (χ4v) is 1.64. The Morgan fingerprint density at radius 2 is 2.00 bits per heavy atom. The van der Waals surface area contributed by atoms with Crippen molar-refractivity contribution in [3.8, 4) is 5.75 Å². The summed E-state index contributed by atoms with van der Waals surface area (Å²) in [7, 11) is 0. The number of alkyl halides is 2. The molecule has 0 saturated carbocycles. The van der Waals surface area contributed by atoms with Crippen LogP contribution in [-0.2, 0) is 0 Å². The molecule has 3 N–H and O–H groups in total. The van der Waals surface area contributed by atoms with Gasteiger partial charge in [0.25, 0.3) is 5.91 Å². The van der Waals surface area contributed by atoms with Crippen LogP contribution in [0.1, 0.15) is 30.1 Å². The van der Waals surface area contributed by atoms with Crippen molar-refractivity contribution in [3.63, 3.8) is 0 Å². The Labute approximate surface area is 110 Å². The summed E-state index contributed by atoms with van der Waals surface area (Å²) in [5.41, 5.74) is 5.85. The van der Waals surface area contributed by atoms with Crippen LogP contribution in [0.2, 0.25) is 0 Å². The summed E-state index contributed by atoms with van der Waals surface area (Å²) in [6, 6.07) is 5.59. The molecule has 1 aromatic rings.